The predicted octanol–water partition coefficient (Wildman–Crippen LogP) is 4.94. The van der Waals surface area contributed by atoms with E-state index in [4.69, 9.17) is 9.16 Å². The Labute approximate surface area is 150 Å². The summed E-state index contributed by atoms with van der Waals surface area (Å²) in [6.07, 6.45) is 0.286. The van der Waals surface area contributed by atoms with Gasteiger partial charge in [0.15, 0.2) is 8.32 Å². The van der Waals surface area contributed by atoms with E-state index in [1.807, 2.05) is 13.8 Å². The van der Waals surface area contributed by atoms with Crippen molar-refractivity contribution in [2.45, 2.75) is 71.4 Å². The Bertz CT molecular complexity index is 607. The van der Waals surface area contributed by atoms with Gasteiger partial charge >= 0.3 is 5.97 Å². The van der Waals surface area contributed by atoms with Gasteiger partial charge in [0.1, 0.15) is 6.10 Å². The van der Waals surface area contributed by atoms with Gasteiger partial charge in [-0.2, -0.15) is 0 Å². The summed E-state index contributed by atoms with van der Waals surface area (Å²) in [6.45, 7) is 14.8. The number of carbonyl (C=O) groups excluding carboxylic acids is 1. The average molecular weight is 368 g/mol. The lowest BCUT2D eigenvalue weighted by atomic mass is 10.2. The van der Waals surface area contributed by atoms with Gasteiger partial charge < -0.3 is 9.16 Å². The first-order chi connectivity index (χ1) is 11.3. The van der Waals surface area contributed by atoms with Crippen LogP contribution in [0.5, 0.6) is 0 Å². The van der Waals surface area contributed by atoms with Crippen molar-refractivity contribution in [3.05, 3.63) is 39.9 Å². The topological polar surface area (TPSA) is 78.7 Å². The van der Waals surface area contributed by atoms with Crippen LogP contribution in [0.25, 0.3) is 0 Å². The Balaban J connectivity index is 2.59. The van der Waals surface area contributed by atoms with Crippen LogP contribution in [0.15, 0.2) is 24.3 Å². The number of hydrogen-bond acceptors (Lipinski definition) is 5. The summed E-state index contributed by atoms with van der Waals surface area (Å²) in [5.74, 6) is -0.484. The monoisotopic (exact) mass is 367 g/mol. The summed E-state index contributed by atoms with van der Waals surface area (Å²) < 4.78 is 11.7. The number of hydrogen-bond donors (Lipinski definition) is 0. The molecule has 0 saturated carbocycles. The van der Waals surface area contributed by atoms with Gasteiger partial charge in [-0.05, 0) is 44.1 Å². The minimum absolute atomic E-state index is 0.0134. The number of benzene rings is 1. The molecule has 0 saturated heterocycles. The molecule has 0 fully saturated rings. The van der Waals surface area contributed by atoms with Crippen molar-refractivity contribution in [2.75, 3.05) is 0 Å². The number of carbonyl (C=O) groups is 1. The highest BCUT2D eigenvalue weighted by molar-refractivity contribution is 6.74. The fourth-order valence-electron chi connectivity index (χ4n) is 2.21. The zero-order valence-electron chi connectivity index (χ0n) is 16.2. The van der Waals surface area contributed by atoms with Crippen molar-refractivity contribution < 1.29 is 18.9 Å². The number of ether oxygens (including phenoxy) is 1. The Kier molecular flexibility index (Phi) is 6.90. The lowest BCUT2D eigenvalue weighted by molar-refractivity contribution is -0.384. The minimum atomic E-state index is -1.86. The largest absolute Gasteiger partial charge is 0.459 e. The second kappa shape index (κ2) is 8.10. The molecule has 0 bridgehead atoms. The third-order valence-corrected chi connectivity index (χ3v) is 9.19. The molecule has 2 atom stereocenters. The van der Waals surface area contributed by atoms with Gasteiger partial charge in [0.2, 0.25) is 0 Å². The second-order valence-electron chi connectivity index (χ2n) is 7.94. The first-order valence-corrected chi connectivity index (χ1v) is 11.4. The van der Waals surface area contributed by atoms with Crippen molar-refractivity contribution in [2.24, 2.45) is 0 Å². The van der Waals surface area contributed by atoms with E-state index in [1.54, 1.807) is 0 Å². The summed E-state index contributed by atoms with van der Waals surface area (Å²) >= 11 is 0. The molecule has 0 amide bonds. The maximum atomic E-state index is 12.1. The van der Waals surface area contributed by atoms with Crippen LogP contribution in [0.2, 0.25) is 18.1 Å². The van der Waals surface area contributed by atoms with Crippen molar-refractivity contribution in [1.82, 2.24) is 0 Å². The van der Waals surface area contributed by atoms with Crippen LogP contribution in [-0.4, -0.2) is 31.4 Å². The minimum Gasteiger partial charge on any atom is -0.459 e. The predicted molar refractivity (Wildman–Crippen MR) is 100 cm³/mol. The molecule has 0 heterocycles. The molecule has 0 unspecified atom stereocenters. The number of nitro benzene ring substituents is 1. The SMILES string of the molecule is C[C@H](C[C@H](C)OC(=O)c1ccc([N+](=O)[O-])cc1)O[Si](C)(C)C(C)(C)C. The second-order valence-corrected chi connectivity index (χ2v) is 12.7. The van der Waals surface area contributed by atoms with E-state index in [1.165, 1.54) is 24.3 Å². The lowest BCUT2D eigenvalue weighted by Gasteiger charge is -2.38. The number of esters is 1. The third-order valence-electron chi connectivity index (χ3n) is 4.59. The van der Waals surface area contributed by atoms with Crippen molar-refractivity contribution in [1.29, 1.82) is 0 Å². The summed E-state index contributed by atoms with van der Waals surface area (Å²) in [5, 5.41) is 10.8. The molecular formula is C18H29NO5Si. The molecule has 0 aliphatic carbocycles. The number of nitrogens with zero attached hydrogens (tertiary/aromatic N) is 1. The van der Waals surface area contributed by atoms with Gasteiger partial charge in [-0.25, -0.2) is 4.79 Å². The average Bonchev–Trinajstić information content (AvgIpc) is 2.45. The van der Waals surface area contributed by atoms with Crippen molar-refractivity contribution in [3.8, 4) is 0 Å². The highest BCUT2D eigenvalue weighted by Gasteiger charge is 2.38. The van der Waals surface area contributed by atoms with Gasteiger partial charge in [0, 0.05) is 24.7 Å². The van der Waals surface area contributed by atoms with Gasteiger partial charge in [-0.3, -0.25) is 10.1 Å². The van der Waals surface area contributed by atoms with Crippen molar-refractivity contribution >= 4 is 20.0 Å². The van der Waals surface area contributed by atoms with E-state index in [0.29, 0.717) is 12.0 Å². The van der Waals surface area contributed by atoms with Crippen LogP contribution in [0.4, 0.5) is 5.69 Å². The molecular weight excluding hydrogens is 338 g/mol. The Morgan fingerprint density at radius 2 is 1.68 bits per heavy atom. The molecule has 0 aliphatic rings. The molecule has 1 rings (SSSR count). The third kappa shape index (κ3) is 6.25. The van der Waals surface area contributed by atoms with E-state index < -0.39 is 19.2 Å². The molecule has 0 aliphatic heterocycles. The summed E-state index contributed by atoms with van der Waals surface area (Å²) in [5.41, 5.74) is 0.247. The Hall–Kier alpha value is -1.73. The van der Waals surface area contributed by atoms with Crippen LogP contribution >= 0.6 is 0 Å². The van der Waals surface area contributed by atoms with Crippen LogP contribution in [0, 0.1) is 10.1 Å². The van der Waals surface area contributed by atoms with Crippen molar-refractivity contribution in [3.63, 3.8) is 0 Å². The van der Waals surface area contributed by atoms with E-state index >= 15 is 0 Å². The van der Waals surface area contributed by atoms with E-state index in [-0.39, 0.29) is 22.9 Å². The highest BCUT2D eigenvalue weighted by atomic mass is 28.4. The molecule has 0 spiro atoms. The van der Waals surface area contributed by atoms with E-state index in [2.05, 4.69) is 33.9 Å². The van der Waals surface area contributed by atoms with Crippen LogP contribution in [0.3, 0.4) is 0 Å². The number of rotatable bonds is 7. The van der Waals surface area contributed by atoms with Crippen LogP contribution in [0.1, 0.15) is 51.4 Å². The molecule has 25 heavy (non-hydrogen) atoms. The normalized spacial score (nSPS) is 14.7. The Morgan fingerprint density at radius 3 is 2.12 bits per heavy atom. The molecule has 6 nitrogen and oxygen atoms in total. The summed E-state index contributed by atoms with van der Waals surface area (Å²) in [7, 11) is -1.86. The van der Waals surface area contributed by atoms with Gasteiger partial charge in [0.25, 0.3) is 5.69 Å². The highest BCUT2D eigenvalue weighted by Crippen LogP contribution is 2.37. The molecule has 1 aromatic carbocycles. The van der Waals surface area contributed by atoms with E-state index in [9.17, 15) is 14.9 Å². The zero-order valence-corrected chi connectivity index (χ0v) is 17.2. The smallest absolute Gasteiger partial charge is 0.338 e. The number of non-ortho nitro benzene ring substituents is 1. The molecule has 0 radical (unpaired) electrons. The van der Waals surface area contributed by atoms with Gasteiger partial charge in [0.05, 0.1) is 10.5 Å². The zero-order chi connectivity index (χ0) is 19.4. The molecule has 140 valence electrons. The van der Waals surface area contributed by atoms with E-state index in [0.717, 1.165) is 0 Å². The van der Waals surface area contributed by atoms with Crippen LogP contribution in [-0.2, 0) is 9.16 Å². The Morgan fingerprint density at radius 1 is 1.16 bits per heavy atom. The molecule has 7 heteroatoms. The van der Waals surface area contributed by atoms with Gasteiger partial charge in [-0.1, -0.05) is 20.8 Å². The molecule has 0 N–H and O–H groups in total. The van der Waals surface area contributed by atoms with Gasteiger partial charge in [-0.15, -0.1) is 0 Å². The summed E-state index contributed by atoms with van der Waals surface area (Å²) in [4.78, 5) is 22.3. The molecule has 1 aromatic rings. The molecule has 0 aromatic heterocycles. The quantitative estimate of drug-likeness (QED) is 0.295. The fourth-order valence-corrected chi connectivity index (χ4v) is 3.67. The standard InChI is InChI=1S/C18H29NO5Si/c1-13(12-14(2)24-25(6,7)18(3,4)5)23-17(20)15-8-10-16(11-9-15)19(21)22/h8-11,13-14H,12H2,1-7H3/t13-,14+/m0/s1. The maximum Gasteiger partial charge on any atom is 0.338 e. The maximum absolute atomic E-state index is 12.1. The first-order valence-electron chi connectivity index (χ1n) is 8.47. The lowest BCUT2D eigenvalue weighted by Crippen LogP contribution is -2.44. The van der Waals surface area contributed by atoms with Crippen LogP contribution < -0.4 is 0 Å². The first kappa shape index (κ1) is 21.3. The summed E-state index contributed by atoms with van der Waals surface area (Å²) in [6, 6.07) is 5.40. The fraction of sp³-hybridized carbons (Fsp3) is 0.611. The number of nitro groups is 1.